The van der Waals surface area contributed by atoms with Gasteiger partial charge in [0, 0.05) is 18.5 Å². The number of rotatable bonds is 7. The minimum absolute atomic E-state index is 0.133. The second kappa shape index (κ2) is 8.49. The van der Waals surface area contributed by atoms with Crippen LogP contribution in [0.2, 0.25) is 5.02 Å². The van der Waals surface area contributed by atoms with Crippen molar-refractivity contribution in [1.82, 2.24) is 10.2 Å². The first kappa shape index (κ1) is 17.9. The van der Waals surface area contributed by atoms with E-state index in [-0.39, 0.29) is 12.3 Å². The Hall–Kier alpha value is -2.86. The smallest absolute Gasteiger partial charge is 0.249 e. The first-order valence-corrected chi connectivity index (χ1v) is 8.63. The molecule has 1 heterocycles. The van der Waals surface area contributed by atoms with Crippen molar-refractivity contribution in [2.24, 2.45) is 0 Å². The van der Waals surface area contributed by atoms with Crippen LogP contribution in [0.1, 0.15) is 19.2 Å². The van der Waals surface area contributed by atoms with Crippen molar-refractivity contribution < 1.29 is 13.9 Å². The molecular formula is C19H18ClN3O3. The molecule has 26 heavy (non-hydrogen) atoms. The van der Waals surface area contributed by atoms with E-state index in [9.17, 15) is 4.79 Å². The summed E-state index contributed by atoms with van der Waals surface area (Å²) in [6, 6.07) is 14.4. The van der Waals surface area contributed by atoms with Gasteiger partial charge < -0.3 is 14.5 Å². The number of aryl methyl sites for hydroxylation is 1. The lowest BCUT2D eigenvalue weighted by molar-refractivity contribution is -0.116. The third kappa shape index (κ3) is 4.61. The standard InChI is InChI=1S/C19H18ClN3O3/c1-2-25-14-9-7-13(8-10-14)21-17(24)11-12-18-22-23-19(26-18)15-5-3-4-6-16(15)20/h3-10H,2,11-12H2,1H3,(H,21,24). The number of carbonyl (C=O) groups is 1. The molecule has 134 valence electrons. The number of benzene rings is 2. The summed E-state index contributed by atoms with van der Waals surface area (Å²) >= 11 is 6.12. The number of aromatic nitrogens is 2. The molecule has 3 aromatic rings. The Bertz CT molecular complexity index is 878. The molecule has 0 aliphatic heterocycles. The number of hydrogen-bond acceptors (Lipinski definition) is 5. The van der Waals surface area contributed by atoms with Gasteiger partial charge in [-0.3, -0.25) is 4.79 Å². The van der Waals surface area contributed by atoms with E-state index in [4.69, 9.17) is 20.8 Å². The highest BCUT2D eigenvalue weighted by Crippen LogP contribution is 2.26. The molecule has 1 amide bonds. The number of carbonyl (C=O) groups excluding carboxylic acids is 1. The van der Waals surface area contributed by atoms with Gasteiger partial charge in [-0.2, -0.15) is 0 Å². The molecule has 0 bridgehead atoms. The first-order chi connectivity index (χ1) is 12.7. The number of ether oxygens (including phenoxy) is 1. The number of halogens is 1. The summed E-state index contributed by atoms with van der Waals surface area (Å²) in [7, 11) is 0. The van der Waals surface area contributed by atoms with Crippen LogP contribution >= 0.6 is 11.6 Å². The molecule has 1 N–H and O–H groups in total. The van der Waals surface area contributed by atoms with Gasteiger partial charge in [0.15, 0.2) is 0 Å². The maximum atomic E-state index is 12.1. The molecule has 3 rings (SSSR count). The van der Waals surface area contributed by atoms with Crippen LogP contribution < -0.4 is 10.1 Å². The van der Waals surface area contributed by atoms with Gasteiger partial charge >= 0.3 is 0 Å². The molecule has 0 atom stereocenters. The van der Waals surface area contributed by atoms with Gasteiger partial charge in [0.05, 0.1) is 17.2 Å². The summed E-state index contributed by atoms with van der Waals surface area (Å²) in [5.41, 5.74) is 1.38. The zero-order chi connectivity index (χ0) is 18.4. The Morgan fingerprint density at radius 3 is 2.65 bits per heavy atom. The molecule has 0 spiro atoms. The second-order valence-corrected chi connectivity index (χ2v) is 5.89. The van der Waals surface area contributed by atoms with E-state index < -0.39 is 0 Å². The predicted molar refractivity (Wildman–Crippen MR) is 99.3 cm³/mol. The molecule has 0 fully saturated rings. The van der Waals surface area contributed by atoms with Gasteiger partial charge in [-0.25, -0.2) is 0 Å². The maximum Gasteiger partial charge on any atom is 0.249 e. The summed E-state index contributed by atoms with van der Waals surface area (Å²) < 4.78 is 11.0. The monoisotopic (exact) mass is 371 g/mol. The molecule has 2 aromatic carbocycles. The van der Waals surface area contributed by atoms with Crippen LogP contribution in [-0.4, -0.2) is 22.7 Å². The molecule has 0 saturated heterocycles. The molecule has 0 radical (unpaired) electrons. The molecule has 0 unspecified atom stereocenters. The maximum absolute atomic E-state index is 12.1. The third-order valence-corrected chi connectivity index (χ3v) is 3.92. The Labute approximate surface area is 156 Å². The van der Waals surface area contributed by atoms with Crippen molar-refractivity contribution in [3.05, 3.63) is 59.4 Å². The van der Waals surface area contributed by atoms with Crippen LogP contribution in [0.25, 0.3) is 11.5 Å². The number of nitrogens with one attached hydrogen (secondary N) is 1. The number of nitrogens with zero attached hydrogens (tertiary/aromatic N) is 2. The molecular weight excluding hydrogens is 354 g/mol. The molecule has 0 aliphatic rings. The van der Waals surface area contributed by atoms with Crippen LogP contribution in [0.4, 0.5) is 5.69 Å². The van der Waals surface area contributed by atoms with E-state index in [2.05, 4.69) is 15.5 Å². The van der Waals surface area contributed by atoms with Gasteiger partial charge in [-0.05, 0) is 43.3 Å². The van der Waals surface area contributed by atoms with Crippen LogP contribution in [0.5, 0.6) is 5.75 Å². The zero-order valence-corrected chi connectivity index (χ0v) is 15.0. The number of hydrogen-bond donors (Lipinski definition) is 1. The number of anilines is 1. The van der Waals surface area contributed by atoms with Gasteiger partial charge in [0.25, 0.3) is 0 Å². The van der Waals surface area contributed by atoms with Crippen LogP contribution in [0.15, 0.2) is 52.9 Å². The predicted octanol–water partition coefficient (Wildman–Crippen LogP) is 4.36. The average molecular weight is 372 g/mol. The summed E-state index contributed by atoms with van der Waals surface area (Å²) in [6.45, 7) is 2.52. The average Bonchev–Trinajstić information content (AvgIpc) is 3.11. The Morgan fingerprint density at radius 2 is 1.92 bits per heavy atom. The highest BCUT2D eigenvalue weighted by molar-refractivity contribution is 6.33. The Morgan fingerprint density at radius 1 is 1.15 bits per heavy atom. The van der Waals surface area contributed by atoms with Crippen LogP contribution in [-0.2, 0) is 11.2 Å². The fourth-order valence-electron chi connectivity index (χ4n) is 2.34. The van der Waals surface area contributed by atoms with Gasteiger partial charge in [-0.1, -0.05) is 23.7 Å². The van der Waals surface area contributed by atoms with Gasteiger partial charge in [-0.15, -0.1) is 10.2 Å². The SMILES string of the molecule is CCOc1ccc(NC(=O)CCc2nnc(-c3ccccc3Cl)o2)cc1. The second-order valence-electron chi connectivity index (χ2n) is 5.49. The quantitative estimate of drug-likeness (QED) is 0.667. The Kier molecular flexibility index (Phi) is 5.86. The summed E-state index contributed by atoms with van der Waals surface area (Å²) in [6.07, 6.45) is 0.581. The summed E-state index contributed by atoms with van der Waals surface area (Å²) in [5.74, 6) is 1.37. The van der Waals surface area contributed by atoms with E-state index in [1.54, 1.807) is 24.3 Å². The lowest BCUT2D eigenvalue weighted by Crippen LogP contribution is -2.12. The minimum Gasteiger partial charge on any atom is -0.494 e. The highest BCUT2D eigenvalue weighted by Gasteiger charge is 2.12. The topological polar surface area (TPSA) is 77.2 Å². The van der Waals surface area contributed by atoms with Crippen molar-refractivity contribution in [3.8, 4) is 17.2 Å². The van der Waals surface area contributed by atoms with Crippen LogP contribution in [0, 0.1) is 0 Å². The van der Waals surface area contributed by atoms with Crippen molar-refractivity contribution in [3.63, 3.8) is 0 Å². The lowest BCUT2D eigenvalue weighted by Gasteiger charge is -2.06. The van der Waals surface area contributed by atoms with Crippen molar-refractivity contribution in [2.45, 2.75) is 19.8 Å². The normalized spacial score (nSPS) is 10.5. The van der Waals surface area contributed by atoms with E-state index in [0.29, 0.717) is 41.1 Å². The van der Waals surface area contributed by atoms with Crippen molar-refractivity contribution >= 4 is 23.2 Å². The van der Waals surface area contributed by atoms with Crippen LogP contribution in [0.3, 0.4) is 0 Å². The fraction of sp³-hybridized carbons (Fsp3) is 0.211. The molecule has 0 aliphatic carbocycles. The van der Waals surface area contributed by atoms with E-state index in [1.807, 2.05) is 31.2 Å². The summed E-state index contributed by atoms with van der Waals surface area (Å²) in [5, 5.41) is 11.3. The van der Waals surface area contributed by atoms with E-state index >= 15 is 0 Å². The molecule has 1 aromatic heterocycles. The van der Waals surface area contributed by atoms with Crippen molar-refractivity contribution in [1.29, 1.82) is 0 Å². The molecule has 0 saturated carbocycles. The van der Waals surface area contributed by atoms with E-state index in [1.165, 1.54) is 0 Å². The fourth-order valence-corrected chi connectivity index (χ4v) is 2.56. The first-order valence-electron chi connectivity index (χ1n) is 8.25. The van der Waals surface area contributed by atoms with Gasteiger partial charge in [0.2, 0.25) is 17.7 Å². The minimum atomic E-state index is -0.133. The largest absolute Gasteiger partial charge is 0.494 e. The number of amides is 1. The highest BCUT2D eigenvalue weighted by atomic mass is 35.5. The van der Waals surface area contributed by atoms with E-state index in [0.717, 1.165) is 5.75 Å². The lowest BCUT2D eigenvalue weighted by atomic mass is 10.2. The molecule has 7 heteroatoms. The van der Waals surface area contributed by atoms with Gasteiger partial charge in [0.1, 0.15) is 5.75 Å². The Balaban J connectivity index is 1.54. The summed E-state index contributed by atoms with van der Waals surface area (Å²) in [4.78, 5) is 12.1. The molecule has 6 nitrogen and oxygen atoms in total. The van der Waals surface area contributed by atoms with Crippen molar-refractivity contribution in [2.75, 3.05) is 11.9 Å². The zero-order valence-electron chi connectivity index (χ0n) is 14.2. The third-order valence-electron chi connectivity index (χ3n) is 3.59.